The van der Waals surface area contributed by atoms with Gasteiger partial charge in [-0.15, -0.1) is 0 Å². The molecule has 0 saturated heterocycles. The van der Waals surface area contributed by atoms with Crippen LogP contribution in [0.4, 0.5) is 0 Å². The van der Waals surface area contributed by atoms with Gasteiger partial charge < -0.3 is 0 Å². The Hall–Kier alpha value is -1.89. The van der Waals surface area contributed by atoms with E-state index in [1.807, 2.05) is 30.3 Å². The Morgan fingerprint density at radius 2 is 1.62 bits per heavy atom. The molecule has 0 saturated carbocycles. The minimum Gasteiger partial charge on any atom is -0.294 e. The number of hydrogen-bond acceptors (Lipinski definition) is 4. The summed E-state index contributed by atoms with van der Waals surface area (Å²) in [5.41, 5.74) is 1.97. The predicted octanol–water partition coefficient (Wildman–Crippen LogP) is 3.32. The fourth-order valence-corrected chi connectivity index (χ4v) is 3.78. The first-order valence-corrected chi connectivity index (χ1v) is 9.39. The van der Waals surface area contributed by atoms with Crippen LogP contribution in [0.25, 0.3) is 11.1 Å². The molecule has 1 atom stereocenters. The quantitative estimate of drug-likeness (QED) is 0.710. The molecule has 0 fully saturated rings. The molecule has 24 heavy (non-hydrogen) atoms. The number of rotatable bonds is 7. The summed E-state index contributed by atoms with van der Waals surface area (Å²) in [7, 11) is -2.18. The maximum Gasteiger partial charge on any atom is 0.243 e. The molecule has 0 aliphatic carbocycles. The summed E-state index contributed by atoms with van der Waals surface area (Å²) >= 11 is 4.58. The van der Waals surface area contributed by atoms with Crippen molar-refractivity contribution in [2.75, 3.05) is 7.05 Å². The lowest BCUT2D eigenvalue weighted by molar-refractivity contribution is -0.113. The molecule has 0 aromatic heterocycles. The number of nitrogens with zero attached hydrogens (tertiary/aromatic N) is 1. The molecule has 6 heteroatoms. The first kappa shape index (κ1) is 18.4. The van der Waals surface area contributed by atoms with Crippen molar-refractivity contribution in [3.8, 4) is 11.1 Å². The van der Waals surface area contributed by atoms with E-state index in [2.05, 4.69) is 12.2 Å². The number of carbonyl (C=O) groups excluding carboxylic acids is 1. The summed E-state index contributed by atoms with van der Waals surface area (Å²) in [4.78, 5) is 11.6. The van der Waals surface area contributed by atoms with Crippen molar-refractivity contribution in [2.45, 2.75) is 24.3 Å². The number of sulfonamides is 1. The second kappa shape index (κ2) is 7.79. The molecule has 2 rings (SSSR count). The van der Waals surface area contributed by atoms with E-state index in [0.717, 1.165) is 16.5 Å². The van der Waals surface area contributed by atoms with E-state index in [9.17, 15) is 13.2 Å². The highest BCUT2D eigenvalue weighted by atomic mass is 32.2. The van der Waals surface area contributed by atoms with Gasteiger partial charge in [0.25, 0.3) is 0 Å². The van der Waals surface area contributed by atoms with Crippen LogP contribution in [0.1, 0.15) is 13.3 Å². The van der Waals surface area contributed by atoms with Gasteiger partial charge in [0.05, 0.1) is 4.90 Å². The van der Waals surface area contributed by atoms with Crippen LogP contribution in [0, 0.1) is 0 Å². The molecular formula is C18H19NO3S2. The molecule has 0 aliphatic heterocycles. The molecule has 0 aliphatic rings. The number of Topliss-reactive ketones (excluding diaryl/α,β-unsaturated/α-hetero) is 1. The van der Waals surface area contributed by atoms with Crippen molar-refractivity contribution < 1.29 is 13.2 Å². The minimum absolute atomic E-state index is 0.0708. The van der Waals surface area contributed by atoms with Gasteiger partial charge in [-0.1, -0.05) is 54.7 Å². The van der Waals surface area contributed by atoms with E-state index in [4.69, 9.17) is 0 Å². The zero-order valence-corrected chi connectivity index (χ0v) is 15.2. The first-order chi connectivity index (χ1) is 11.4. The maximum absolute atomic E-state index is 12.7. The van der Waals surface area contributed by atoms with E-state index >= 15 is 0 Å². The normalized spacial score (nSPS) is 12.8. The molecule has 2 aromatic rings. The number of carbonyl (C=O) groups is 1. The summed E-state index contributed by atoms with van der Waals surface area (Å²) in [6.45, 7) is 1.69. The Morgan fingerprint density at radius 3 is 2.17 bits per heavy atom. The van der Waals surface area contributed by atoms with Gasteiger partial charge in [-0.3, -0.25) is 4.79 Å². The molecule has 0 bridgehead atoms. The molecular weight excluding hydrogens is 342 g/mol. The molecule has 4 nitrogen and oxygen atoms in total. The van der Waals surface area contributed by atoms with Crippen molar-refractivity contribution in [1.82, 2.24) is 4.31 Å². The molecule has 0 heterocycles. The summed E-state index contributed by atoms with van der Waals surface area (Å²) in [5.74, 6) is -0.251. The minimum atomic E-state index is -3.66. The fourth-order valence-electron chi connectivity index (χ4n) is 2.32. The lowest BCUT2D eigenvalue weighted by atomic mass is 10.1. The van der Waals surface area contributed by atoms with Crippen molar-refractivity contribution in [1.29, 1.82) is 0 Å². The number of ketones is 1. The lowest BCUT2D eigenvalue weighted by Crippen LogP contribution is -2.36. The molecule has 126 valence electrons. The highest BCUT2D eigenvalue weighted by molar-refractivity contribution is 7.89. The van der Waals surface area contributed by atoms with Crippen LogP contribution in [0.15, 0.2) is 59.5 Å². The van der Waals surface area contributed by atoms with Gasteiger partial charge in [0.2, 0.25) is 10.0 Å². The van der Waals surface area contributed by atoms with Gasteiger partial charge in [-0.2, -0.15) is 4.31 Å². The Kier molecular flexibility index (Phi) is 5.99. The Balaban J connectivity index is 2.23. The van der Waals surface area contributed by atoms with Crippen molar-refractivity contribution in [3.63, 3.8) is 0 Å². The van der Waals surface area contributed by atoms with Crippen LogP contribution in [-0.2, 0) is 14.8 Å². The van der Waals surface area contributed by atoms with Crippen LogP contribution in [0.5, 0.6) is 0 Å². The third kappa shape index (κ3) is 4.14. The average Bonchev–Trinajstić information content (AvgIpc) is 2.61. The second-order valence-corrected chi connectivity index (χ2v) is 7.78. The van der Waals surface area contributed by atoms with Crippen LogP contribution in [0.3, 0.4) is 0 Å². The lowest BCUT2D eigenvalue weighted by Gasteiger charge is -2.23. The van der Waals surface area contributed by atoms with E-state index in [1.54, 1.807) is 31.2 Å². The van der Waals surface area contributed by atoms with Crippen LogP contribution >= 0.6 is 12.2 Å². The number of hydrogen-bond donors (Lipinski definition) is 0. The molecule has 0 spiro atoms. The Bertz CT molecular complexity index is 815. The highest BCUT2D eigenvalue weighted by Crippen LogP contribution is 2.23. The average molecular weight is 361 g/mol. The Labute approximate surface area is 148 Å². The second-order valence-electron chi connectivity index (χ2n) is 5.55. The first-order valence-electron chi connectivity index (χ1n) is 7.48. The third-order valence-electron chi connectivity index (χ3n) is 3.89. The topological polar surface area (TPSA) is 54.5 Å². The van der Waals surface area contributed by atoms with Crippen LogP contribution in [-0.4, -0.2) is 37.0 Å². The van der Waals surface area contributed by atoms with Crippen molar-refractivity contribution >= 4 is 33.4 Å². The van der Waals surface area contributed by atoms with Gasteiger partial charge in [0.15, 0.2) is 5.78 Å². The summed E-state index contributed by atoms with van der Waals surface area (Å²) in [5, 5.41) is 1.05. The monoisotopic (exact) mass is 361 g/mol. The summed E-state index contributed by atoms with van der Waals surface area (Å²) < 4.78 is 26.5. The SMILES string of the molecule is C[C@H](CC(=O)C=S)N(C)S(=O)(=O)c1ccc(-c2ccccc2)cc1. The van der Waals surface area contributed by atoms with Crippen molar-refractivity contribution in [3.05, 3.63) is 54.6 Å². The van der Waals surface area contributed by atoms with Gasteiger partial charge in [-0.25, -0.2) is 8.42 Å². The summed E-state index contributed by atoms with van der Waals surface area (Å²) in [6, 6.07) is 16.0. The molecule has 0 unspecified atom stereocenters. The zero-order valence-electron chi connectivity index (χ0n) is 13.5. The number of benzene rings is 2. The molecule has 0 amide bonds. The predicted molar refractivity (Wildman–Crippen MR) is 99.6 cm³/mol. The largest absolute Gasteiger partial charge is 0.294 e. The number of thiocarbonyl (C=S) groups is 1. The van der Waals surface area contributed by atoms with Gasteiger partial charge >= 0.3 is 0 Å². The van der Waals surface area contributed by atoms with Crippen LogP contribution in [0.2, 0.25) is 0 Å². The summed E-state index contributed by atoms with van der Waals surface area (Å²) in [6.07, 6.45) is 0.0708. The molecule has 0 radical (unpaired) electrons. The fraction of sp³-hybridized carbons (Fsp3) is 0.222. The Morgan fingerprint density at radius 1 is 1.08 bits per heavy atom. The molecule has 0 N–H and O–H groups in total. The van der Waals surface area contributed by atoms with Crippen LogP contribution < -0.4 is 0 Å². The molecule has 2 aromatic carbocycles. The van der Waals surface area contributed by atoms with Gasteiger partial charge in [-0.05, 0) is 30.2 Å². The van der Waals surface area contributed by atoms with E-state index in [0.29, 0.717) is 0 Å². The van der Waals surface area contributed by atoms with Crippen molar-refractivity contribution in [2.24, 2.45) is 0 Å². The zero-order chi connectivity index (χ0) is 17.7. The van der Waals surface area contributed by atoms with E-state index < -0.39 is 16.1 Å². The third-order valence-corrected chi connectivity index (χ3v) is 6.14. The van der Waals surface area contributed by atoms with E-state index in [-0.39, 0.29) is 17.1 Å². The smallest absolute Gasteiger partial charge is 0.243 e. The highest BCUT2D eigenvalue weighted by Gasteiger charge is 2.26. The standard InChI is InChI=1S/C18H19NO3S2/c1-14(12-17(20)13-23)19(2)24(21,22)18-10-8-16(9-11-18)15-6-4-3-5-7-15/h3-11,13-14H,12H2,1-2H3/t14-/m1/s1. The van der Waals surface area contributed by atoms with E-state index in [1.165, 1.54) is 11.4 Å². The maximum atomic E-state index is 12.7. The van der Waals surface area contributed by atoms with Gasteiger partial charge in [0.1, 0.15) is 0 Å². The van der Waals surface area contributed by atoms with Gasteiger partial charge in [0, 0.05) is 24.9 Å².